The molecule has 2 rings (SSSR count). The number of nitrogens with zero attached hydrogens (tertiary/aromatic N) is 1. The Kier molecular flexibility index (Phi) is 7.44. The number of nitrogens with one attached hydrogen (secondary N) is 1. The Morgan fingerprint density at radius 3 is 2.62 bits per heavy atom. The van der Waals surface area contributed by atoms with Crippen LogP contribution >= 0.6 is 0 Å². The Morgan fingerprint density at radius 1 is 1.19 bits per heavy atom. The van der Waals surface area contributed by atoms with Gasteiger partial charge in [0.25, 0.3) is 0 Å². The molecule has 0 amide bonds. The number of hydrogen-bond acceptors (Lipinski definition) is 4. The third-order valence-corrected chi connectivity index (χ3v) is 5.21. The highest BCUT2D eigenvalue weighted by molar-refractivity contribution is 4.87. The summed E-state index contributed by atoms with van der Waals surface area (Å²) in [6, 6.07) is 1.31. The predicted molar refractivity (Wildman–Crippen MR) is 88.3 cm³/mol. The molecule has 0 aromatic rings. The van der Waals surface area contributed by atoms with Crippen molar-refractivity contribution in [3.8, 4) is 0 Å². The molecule has 0 aromatic carbocycles. The van der Waals surface area contributed by atoms with Crippen molar-refractivity contribution in [1.29, 1.82) is 0 Å². The van der Waals surface area contributed by atoms with E-state index < -0.39 is 0 Å². The normalized spacial score (nSPS) is 30.4. The number of nitrogens with two attached hydrogens (primary N) is 1. The van der Waals surface area contributed by atoms with Crippen LogP contribution in [0, 0.1) is 5.92 Å². The zero-order valence-corrected chi connectivity index (χ0v) is 13.8. The molecule has 1 aliphatic carbocycles. The van der Waals surface area contributed by atoms with Crippen LogP contribution in [0.1, 0.15) is 58.3 Å². The zero-order chi connectivity index (χ0) is 15.1. The Bertz CT molecular complexity index is 281. The summed E-state index contributed by atoms with van der Waals surface area (Å²) in [4.78, 5) is 2.50. The van der Waals surface area contributed by atoms with Gasteiger partial charge < -0.3 is 21.1 Å². The summed E-state index contributed by atoms with van der Waals surface area (Å²) in [5.41, 5.74) is 5.75. The predicted octanol–water partition coefficient (Wildman–Crippen LogP) is 1.72. The van der Waals surface area contributed by atoms with Crippen LogP contribution in [0.4, 0.5) is 0 Å². The van der Waals surface area contributed by atoms with Gasteiger partial charge in [0.1, 0.15) is 0 Å². The fourth-order valence-electron chi connectivity index (χ4n) is 4.11. The molecule has 3 atom stereocenters. The molecule has 4 nitrogen and oxygen atoms in total. The smallest absolute Gasteiger partial charge is 0.0540 e. The van der Waals surface area contributed by atoms with Crippen molar-refractivity contribution in [3.63, 3.8) is 0 Å². The summed E-state index contributed by atoms with van der Waals surface area (Å²) in [7, 11) is 0. The summed E-state index contributed by atoms with van der Waals surface area (Å²) in [5.74, 6) is 0.612. The Balaban J connectivity index is 1.85. The van der Waals surface area contributed by atoms with E-state index in [0.29, 0.717) is 12.0 Å². The number of likely N-dealkylation sites (tertiary alicyclic amines) is 1. The van der Waals surface area contributed by atoms with Crippen molar-refractivity contribution >= 4 is 0 Å². The molecule has 1 saturated heterocycles. The van der Waals surface area contributed by atoms with Gasteiger partial charge in [0, 0.05) is 38.3 Å². The molecule has 21 heavy (non-hydrogen) atoms. The molecule has 3 unspecified atom stereocenters. The summed E-state index contributed by atoms with van der Waals surface area (Å²) in [6.45, 7) is 6.03. The average molecular weight is 297 g/mol. The molecular weight excluding hydrogens is 262 g/mol. The summed E-state index contributed by atoms with van der Waals surface area (Å²) >= 11 is 0. The third kappa shape index (κ3) is 5.85. The lowest BCUT2D eigenvalue weighted by Gasteiger charge is -2.40. The maximum absolute atomic E-state index is 9.97. The second-order valence-electron chi connectivity index (χ2n) is 7.15. The van der Waals surface area contributed by atoms with Crippen molar-refractivity contribution < 1.29 is 5.11 Å². The van der Waals surface area contributed by atoms with Crippen molar-refractivity contribution in [3.05, 3.63) is 0 Å². The lowest BCUT2D eigenvalue weighted by Crippen LogP contribution is -2.53. The molecule has 0 radical (unpaired) electrons. The molecule has 1 aliphatic heterocycles. The van der Waals surface area contributed by atoms with Crippen molar-refractivity contribution in [1.82, 2.24) is 10.2 Å². The van der Waals surface area contributed by atoms with Gasteiger partial charge in [0.15, 0.2) is 0 Å². The minimum Gasteiger partial charge on any atom is -0.393 e. The topological polar surface area (TPSA) is 61.5 Å². The Hall–Kier alpha value is -0.160. The fraction of sp³-hybridized carbons (Fsp3) is 1.00. The SMILES string of the molecule is CCC(O)CC1CC(NC2CCCCC2)CN(CCN)C1. The summed E-state index contributed by atoms with van der Waals surface area (Å²) in [6.07, 6.45) is 9.76. The molecule has 124 valence electrons. The standard InChI is InChI=1S/C17H35N3O/c1-2-17(21)11-14-10-16(13-20(12-14)9-8-18)19-15-6-4-3-5-7-15/h14-17,19,21H,2-13,18H2,1H3. The number of rotatable bonds is 7. The van der Waals surface area contributed by atoms with E-state index in [0.717, 1.165) is 45.1 Å². The van der Waals surface area contributed by atoms with Crippen LogP contribution in [0.3, 0.4) is 0 Å². The van der Waals surface area contributed by atoms with Gasteiger partial charge in [0.05, 0.1) is 6.10 Å². The molecule has 0 aromatic heterocycles. The first-order valence-corrected chi connectivity index (χ1v) is 9.07. The van der Waals surface area contributed by atoms with Gasteiger partial charge >= 0.3 is 0 Å². The second-order valence-corrected chi connectivity index (χ2v) is 7.15. The maximum Gasteiger partial charge on any atom is 0.0540 e. The highest BCUT2D eigenvalue weighted by atomic mass is 16.3. The van der Waals surface area contributed by atoms with Crippen LogP contribution in [0.2, 0.25) is 0 Å². The molecule has 0 spiro atoms. The highest BCUT2D eigenvalue weighted by Crippen LogP contribution is 2.24. The Morgan fingerprint density at radius 2 is 1.95 bits per heavy atom. The van der Waals surface area contributed by atoms with Crippen molar-refractivity contribution in [2.24, 2.45) is 11.7 Å². The number of aliphatic hydroxyl groups is 1. The van der Waals surface area contributed by atoms with Gasteiger partial charge in [-0.2, -0.15) is 0 Å². The van der Waals surface area contributed by atoms with Crippen LogP contribution in [-0.2, 0) is 0 Å². The van der Waals surface area contributed by atoms with Crippen LogP contribution in [-0.4, -0.2) is 54.4 Å². The van der Waals surface area contributed by atoms with Crippen LogP contribution < -0.4 is 11.1 Å². The lowest BCUT2D eigenvalue weighted by molar-refractivity contribution is 0.0811. The summed E-state index contributed by atoms with van der Waals surface area (Å²) in [5, 5.41) is 13.9. The third-order valence-electron chi connectivity index (χ3n) is 5.21. The maximum atomic E-state index is 9.97. The summed E-state index contributed by atoms with van der Waals surface area (Å²) < 4.78 is 0. The molecule has 2 aliphatic rings. The van der Waals surface area contributed by atoms with Gasteiger partial charge in [-0.15, -0.1) is 0 Å². The minimum atomic E-state index is -0.136. The van der Waals surface area contributed by atoms with Crippen molar-refractivity contribution in [2.45, 2.75) is 76.5 Å². The molecule has 4 N–H and O–H groups in total. The fourth-order valence-corrected chi connectivity index (χ4v) is 4.11. The molecular formula is C17H35N3O. The first-order chi connectivity index (χ1) is 10.2. The molecule has 4 heteroatoms. The average Bonchev–Trinajstić information content (AvgIpc) is 2.48. The van der Waals surface area contributed by atoms with Gasteiger partial charge in [-0.25, -0.2) is 0 Å². The Labute approximate surface area is 130 Å². The van der Waals surface area contributed by atoms with Gasteiger partial charge in [-0.05, 0) is 38.0 Å². The molecule has 1 heterocycles. The van der Waals surface area contributed by atoms with Crippen LogP contribution in [0.25, 0.3) is 0 Å². The first kappa shape index (κ1) is 17.2. The largest absolute Gasteiger partial charge is 0.393 e. The number of piperidine rings is 1. The van der Waals surface area contributed by atoms with E-state index in [1.807, 2.05) is 0 Å². The van der Waals surface area contributed by atoms with E-state index in [-0.39, 0.29) is 6.10 Å². The van der Waals surface area contributed by atoms with E-state index in [1.54, 1.807) is 0 Å². The van der Waals surface area contributed by atoms with Gasteiger partial charge in [-0.1, -0.05) is 26.2 Å². The van der Waals surface area contributed by atoms with Crippen molar-refractivity contribution in [2.75, 3.05) is 26.2 Å². The van der Waals surface area contributed by atoms with Gasteiger partial charge in [0.2, 0.25) is 0 Å². The van der Waals surface area contributed by atoms with Crippen LogP contribution in [0.5, 0.6) is 0 Å². The molecule has 1 saturated carbocycles. The zero-order valence-electron chi connectivity index (χ0n) is 13.8. The monoisotopic (exact) mass is 297 g/mol. The molecule has 0 bridgehead atoms. The van der Waals surface area contributed by atoms with Gasteiger partial charge in [-0.3, -0.25) is 0 Å². The van der Waals surface area contributed by atoms with E-state index in [9.17, 15) is 5.11 Å². The van der Waals surface area contributed by atoms with E-state index >= 15 is 0 Å². The van der Waals surface area contributed by atoms with E-state index in [2.05, 4.69) is 17.1 Å². The highest BCUT2D eigenvalue weighted by Gasteiger charge is 2.29. The van der Waals surface area contributed by atoms with Crippen LogP contribution in [0.15, 0.2) is 0 Å². The van der Waals surface area contributed by atoms with E-state index in [4.69, 9.17) is 5.73 Å². The second kappa shape index (κ2) is 9.09. The number of aliphatic hydroxyl groups excluding tert-OH is 1. The molecule has 2 fully saturated rings. The lowest BCUT2D eigenvalue weighted by atomic mass is 9.87. The quantitative estimate of drug-likeness (QED) is 0.669. The minimum absolute atomic E-state index is 0.136. The first-order valence-electron chi connectivity index (χ1n) is 9.07. The number of hydrogen-bond donors (Lipinski definition) is 3. The van der Waals surface area contributed by atoms with E-state index in [1.165, 1.54) is 38.5 Å².